The number of fused-ring (bicyclic) bond motifs is 1. The highest BCUT2D eigenvalue weighted by Gasteiger charge is 2.66. The third-order valence-electron chi connectivity index (χ3n) is 4.83. The summed E-state index contributed by atoms with van der Waals surface area (Å²) in [5.41, 5.74) is 4.84. The Kier molecular flexibility index (Phi) is 6.11. The molecule has 2 amide bonds. The van der Waals surface area contributed by atoms with Crippen LogP contribution >= 0.6 is 34.9 Å². The third-order valence-corrected chi connectivity index (χ3v) is 8.02. The molecule has 16 heteroatoms. The molecule has 2 aromatic rings. The van der Waals surface area contributed by atoms with Crippen LogP contribution in [-0.4, -0.2) is 82.7 Å². The molecule has 1 fully saturated rings. The lowest BCUT2D eigenvalue weighted by atomic mass is 9.98. The van der Waals surface area contributed by atoms with Crippen LogP contribution < -0.4 is 11.1 Å². The van der Waals surface area contributed by atoms with Crippen molar-refractivity contribution >= 4 is 57.8 Å². The maximum absolute atomic E-state index is 13.1. The number of nitrogens with one attached hydrogen (secondary N) is 1. The van der Waals surface area contributed by atoms with Gasteiger partial charge in [-0.25, -0.2) is 14.5 Å². The number of nitrogen functional groups attached to an aromatic ring is 1. The highest BCUT2D eigenvalue weighted by molar-refractivity contribution is 8.01. The van der Waals surface area contributed by atoms with Crippen LogP contribution in [0.1, 0.15) is 5.69 Å². The summed E-state index contributed by atoms with van der Waals surface area (Å²) < 4.78 is 6.90. The summed E-state index contributed by atoms with van der Waals surface area (Å²) in [6.45, 7) is 0. The molecule has 0 spiro atoms. The Bertz CT molecular complexity index is 1120. The summed E-state index contributed by atoms with van der Waals surface area (Å²) in [5.74, 6) is -1.75. The van der Waals surface area contributed by atoms with E-state index in [0.29, 0.717) is 27.3 Å². The number of tetrazole rings is 1. The zero-order valence-electron chi connectivity index (χ0n) is 16.8. The minimum Gasteiger partial charge on any atom is -0.477 e. The lowest BCUT2D eigenvalue weighted by molar-refractivity contribution is -0.192. The van der Waals surface area contributed by atoms with E-state index < -0.39 is 28.9 Å². The number of aliphatic carboxylic acids is 1. The van der Waals surface area contributed by atoms with Crippen molar-refractivity contribution in [3.8, 4) is 0 Å². The minimum atomic E-state index is -1.66. The lowest BCUT2D eigenvalue weighted by Gasteiger charge is -2.55. The van der Waals surface area contributed by atoms with Crippen molar-refractivity contribution in [3.63, 3.8) is 0 Å². The molecular weight excluding hydrogens is 480 g/mol. The van der Waals surface area contributed by atoms with Crippen LogP contribution in [0.5, 0.6) is 0 Å². The van der Waals surface area contributed by atoms with E-state index in [2.05, 4.69) is 25.8 Å². The standard InChI is InChI=1S/C16H18N8O5S3/c1-23-15(20-21-22-23)32-5-7-4-30-13-16(29-2,12(28)24(13)10(7)11(26)27)19-9(25)3-8-6-31-14(17)18-8/h6,13H,3-5H2,1-2H3,(H2,17,18)(H,19,25)(H,26,27)/t13-,16-/m0/s1. The number of nitrogens with zero attached hydrogens (tertiary/aromatic N) is 6. The number of carboxylic acid groups (broad SMARTS) is 1. The Hall–Kier alpha value is -2.69. The fourth-order valence-electron chi connectivity index (χ4n) is 3.37. The molecule has 0 radical (unpaired) electrons. The van der Waals surface area contributed by atoms with Crippen molar-refractivity contribution in [2.24, 2.45) is 7.05 Å². The Morgan fingerprint density at radius 1 is 1.50 bits per heavy atom. The quantitative estimate of drug-likeness (QED) is 0.237. The first kappa shape index (κ1) is 22.5. The van der Waals surface area contributed by atoms with Gasteiger partial charge in [0, 0.05) is 31.0 Å². The maximum atomic E-state index is 13.1. The van der Waals surface area contributed by atoms with Crippen LogP contribution in [0, 0.1) is 0 Å². The van der Waals surface area contributed by atoms with Gasteiger partial charge in [-0.1, -0.05) is 11.8 Å². The molecule has 0 aliphatic carbocycles. The van der Waals surface area contributed by atoms with E-state index in [-0.39, 0.29) is 17.9 Å². The van der Waals surface area contributed by atoms with Crippen molar-refractivity contribution < 1.29 is 24.2 Å². The maximum Gasteiger partial charge on any atom is 0.352 e. The van der Waals surface area contributed by atoms with E-state index in [4.69, 9.17) is 10.5 Å². The van der Waals surface area contributed by atoms with Crippen LogP contribution in [0.2, 0.25) is 0 Å². The number of thiazole rings is 1. The molecular formula is C16H18N8O5S3. The van der Waals surface area contributed by atoms with Gasteiger partial charge in [-0.2, -0.15) is 0 Å². The second-order valence-corrected chi connectivity index (χ2v) is 9.71. The predicted molar refractivity (Wildman–Crippen MR) is 115 cm³/mol. The number of methoxy groups -OCH3 is 1. The molecule has 13 nitrogen and oxygen atoms in total. The predicted octanol–water partition coefficient (Wildman–Crippen LogP) is -0.704. The Labute approximate surface area is 193 Å². The van der Waals surface area contributed by atoms with Gasteiger partial charge in [-0.15, -0.1) is 28.2 Å². The fourth-order valence-corrected chi connectivity index (χ4v) is 6.36. The summed E-state index contributed by atoms with van der Waals surface area (Å²) >= 11 is 3.78. The Morgan fingerprint density at radius 3 is 2.88 bits per heavy atom. The molecule has 0 saturated carbocycles. The van der Waals surface area contributed by atoms with Gasteiger partial charge in [0.15, 0.2) is 5.13 Å². The normalized spacial score (nSPS) is 22.5. The number of hydrogen-bond donors (Lipinski definition) is 3. The zero-order chi connectivity index (χ0) is 23.0. The average Bonchev–Trinajstić information content (AvgIpc) is 3.36. The van der Waals surface area contributed by atoms with Crippen LogP contribution in [-0.2, 0) is 32.6 Å². The average molecular weight is 499 g/mol. The molecule has 4 rings (SSSR count). The third kappa shape index (κ3) is 3.82. The van der Waals surface area contributed by atoms with Gasteiger partial charge in [0.2, 0.25) is 11.1 Å². The van der Waals surface area contributed by atoms with Gasteiger partial charge >= 0.3 is 5.97 Å². The number of carbonyl (C=O) groups excluding carboxylic acids is 2. The molecule has 4 N–H and O–H groups in total. The Morgan fingerprint density at radius 2 is 2.28 bits per heavy atom. The molecule has 1 saturated heterocycles. The molecule has 2 aromatic heterocycles. The van der Waals surface area contributed by atoms with E-state index >= 15 is 0 Å². The molecule has 170 valence electrons. The Balaban J connectivity index is 1.52. The number of nitrogens with two attached hydrogens (primary N) is 1. The highest BCUT2D eigenvalue weighted by Crippen LogP contribution is 2.47. The largest absolute Gasteiger partial charge is 0.477 e. The van der Waals surface area contributed by atoms with Gasteiger partial charge in [0.05, 0.1) is 12.1 Å². The molecule has 2 aliphatic heterocycles. The van der Waals surface area contributed by atoms with Crippen LogP contribution in [0.15, 0.2) is 21.8 Å². The fraction of sp³-hybridized carbons (Fsp3) is 0.438. The number of amides is 2. The SMILES string of the molecule is CO[C@@]1(NC(=O)Cc2csc(N)n2)C(=O)N2C(C(=O)O)=C(CSc3nnnn3C)CS[C@H]21. The van der Waals surface area contributed by atoms with E-state index in [1.165, 1.54) is 46.7 Å². The van der Waals surface area contributed by atoms with Gasteiger partial charge < -0.3 is 20.9 Å². The van der Waals surface area contributed by atoms with E-state index in [1.807, 2.05) is 0 Å². The number of carboxylic acids is 1. The number of carbonyl (C=O) groups is 3. The number of aryl methyl sites for hydroxylation is 1. The number of ether oxygens (including phenoxy) is 1. The molecule has 0 bridgehead atoms. The first-order chi connectivity index (χ1) is 15.3. The zero-order valence-corrected chi connectivity index (χ0v) is 19.3. The van der Waals surface area contributed by atoms with Crippen LogP contribution in [0.25, 0.3) is 0 Å². The summed E-state index contributed by atoms with van der Waals surface area (Å²) in [5, 5.41) is 25.4. The van der Waals surface area contributed by atoms with Crippen molar-refractivity contribution in [3.05, 3.63) is 22.3 Å². The van der Waals surface area contributed by atoms with Crippen molar-refractivity contribution in [2.45, 2.75) is 22.7 Å². The summed E-state index contributed by atoms with van der Waals surface area (Å²) in [7, 11) is 2.97. The van der Waals surface area contributed by atoms with Crippen LogP contribution in [0.3, 0.4) is 0 Å². The van der Waals surface area contributed by atoms with Crippen molar-refractivity contribution in [1.82, 2.24) is 35.4 Å². The lowest BCUT2D eigenvalue weighted by Crippen LogP contribution is -2.80. The summed E-state index contributed by atoms with van der Waals surface area (Å²) in [4.78, 5) is 42.9. The molecule has 4 heterocycles. The van der Waals surface area contributed by atoms with E-state index in [9.17, 15) is 19.5 Å². The van der Waals surface area contributed by atoms with Gasteiger partial charge in [0.1, 0.15) is 11.1 Å². The van der Waals surface area contributed by atoms with Crippen molar-refractivity contribution in [2.75, 3.05) is 24.3 Å². The van der Waals surface area contributed by atoms with Gasteiger partial charge in [0.25, 0.3) is 11.6 Å². The van der Waals surface area contributed by atoms with Gasteiger partial charge in [-0.3, -0.25) is 14.5 Å². The second-order valence-electron chi connectivity index (χ2n) is 6.81. The van der Waals surface area contributed by atoms with Crippen molar-refractivity contribution in [1.29, 1.82) is 0 Å². The monoisotopic (exact) mass is 498 g/mol. The topological polar surface area (TPSA) is 178 Å². The smallest absolute Gasteiger partial charge is 0.352 e. The van der Waals surface area contributed by atoms with E-state index in [1.54, 1.807) is 12.4 Å². The first-order valence-electron chi connectivity index (χ1n) is 9.08. The minimum absolute atomic E-state index is 0.0846. The van der Waals surface area contributed by atoms with Crippen LogP contribution in [0.4, 0.5) is 5.13 Å². The molecule has 0 aromatic carbocycles. The van der Waals surface area contributed by atoms with Gasteiger partial charge in [-0.05, 0) is 16.0 Å². The van der Waals surface area contributed by atoms with E-state index in [0.717, 1.165) is 4.90 Å². The highest BCUT2D eigenvalue weighted by atomic mass is 32.2. The number of thioether (sulfide) groups is 2. The molecule has 2 aliphatic rings. The number of hydrogen-bond acceptors (Lipinski definition) is 12. The molecule has 32 heavy (non-hydrogen) atoms. The second kappa shape index (κ2) is 8.68. The molecule has 0 unspecified atom stereocenters. The number of rotatable bonds is 8. The summed E-state index contributed by atoms with van der Waals surface area (Å²) in [6, 6.07) is 0. The number of β-lactam (4-membered cyclic amide) rings is 1. The first-order valence-corrected chi connectivity index (χ1v) is 12.0. The molecule has 2 atom stereocenters. The summed E-state index contributed by atoms with van der Waals surface area (Å²) in [6.07, 6.45) is -0.0846. The number of aromatic nitrogens is 5. The number of anilines is 1.